The Hall–Kier alpha value is -3.68. The van der Waals surface area contributed by atoms with Crippen LogP contribution in [0.1, 0.15) is 12.5 Å². The van der Waals surface area contributed by atoms with Gasteiger partial charge < -0.3 is 16.0 Å². The third-order valence-corrected chi connectivity index (χ3v) is 3.49. The van der Waals surface area contributed by atoms with Gasteiger partial charge in [0.2, 0.25) is 11.8 Å². The third-order valence-electron chi connectivity index (χ3n) is 3.49. The molecule has 0 saturated heterocycles. The van der Waals surface area contributed by atoms with Crippen molar-refractivity contribution in [3.05, 3.63) is 70.3 Å². The van der Waals surface area contributed by atoms with Gasteiger partial charge in [0.05, 0.1) is 4.92 Å². The second-order valence-electron chi connectivity index (χ2n) is 5.66. The number of nitrogens with one attached hydrogen (secondary N) is 3. The quantitative estimate of drug-likeness (QED) is 0.287. The van der Waals surface area contributed by atoms with Crippen molar-refractivity contribution in [3.63, 3.8) is 0 Å². The zero-order chi connectivity index (χ0) is 19.6. The minimum atomic E-state index is -0.455. The highest BCUT2D eigenvalue weighted by Crippen LogP contribution is 2.15. The van der Waals surface area contributed by atoms with E-state index in [2.05, 4.69) is 16.0 Å². The molecule has 0 unspecified atom stereocenters. The van der Waals surface area contributed by atoms with Crippen LogP contribution < -0.4 is 16.0 Å². The van der Waals surface area contributed by atoms with Crippen LogP contribution in [0.15, 0.2) is 54.6 Å². The van der Waals surface area contributed by atoms with E-state index in [0.717, 1.165) is 11.3 Å². The molecule has 0 aliphatic rings. The molecular weight excluding hydrogens is 348 g/mol. The second kappa shape index (κ2) is 9.71. The van der Waals surface area contributed by atoms with Crippen LogP contribution in [-0.4, -0.2) is 29.8 Å². The summed E-state index contributed by atoms with van der Waals surface area (Å²) in [6, 6.07) is 13.2. The highest BCUT2D eigenvalue weighted by atomic mass is 16.6. The predicted octanol–water partition coefficient (Wildman–Crippen LogP) is 2.79. The number of rotatable bonds is 8. The number of nitrogens with zero attached hydrogens (tertiary/aromatic N) is 1. The molecule has 8 nitrogen and oxygen atoms in total. The molecule has 0 aliphatic carbocycles. The number of carbonyl (C=O) groups excluding carboxylic acids is 2. The molecule has 0 fully saturated rings. The van der Waals surface area contributed by atoms with Gasteiger partial charge in [0.1, 0.15) is 0 Å². The highest BCUT2D eigenvalue weighted by Gasteiger charge is 2.03. The molecule has 0 atom stereocenters. The fourth-order valence-corrected chi connectivity index (χ4v) is 2.21. The van der Waals surface area contributed by atoms with Gasteiger partial charge in [0.15, 0.2) is 0 Å². The summed E-state index contributed by atoms with van der Waals surface area (Å²) in [5.41, 5.74) is 2.30. The molecule has 0 aromatic heterocycles. The van der Waals surface area contributed by atoms with Gasteiger partial charge in [-0.1, -0.05) is 12.1 Å². The van der Waals surface area contributed by atoms with E-state index in [1.807, 2.05) is 0 Å². The Morgan fingerprint density at radius 1 is 1.00 bits per heavy atom. The topological polar surface area (TPSA) is 113 Å². The first-order valence-electron chi connectivity index (χ1n) is 8.26. The molecule has 0 heterocycles. The molecule has 0 radical (unpaired) electrons. The van der Waals surface area contributed by atoms with Gasteiger partial charge in [-0.05, 0) is 35.9 Å². The Morgan fingerprint density at radius 2 is 1.63 bits per heavy atom. The summed E-state index contributed by atoms with van der Waals surface area (Å²) in [4.78, 5) is 32.9. The fourth-order valence-electron chi connectivity index (χ4n) is 2.21. The number of amides is 2. The van der Waals surface area contributed by atoms with Crippen LogP contribution >= 0.6 is 0 Å². The number of benzene rings is 2. The summed E-state index contributed by atoms with van der Waals surface area (Å²) < 4.78 is 0. The molecule has 8 heteroatoms. The SMILES string of the molecule is CC(=O)Nc1ccc(/C=C/C(=O)NCCNc2ccc([N+](=O)[O-])cc2)cc1. The molecule has 3 N–H and O–H groups in total. The maximum absolute atomic E-state index is 11.8. The average molecular weight is 368 g/mol. The Bertz CT molecular complexity index is 830. The minimum Gasteiger partial charge on any atom is -0.383 e. The molecule has 27 heavy (non-hydrogen) atoms. The van der Waals surface area contributed by atoms with Gasteiger partial charge >= 0.3 is 0 Å². The van der Waals surface area contributed by atoms with Crippen LogP contribution in [0, 0.1) is 10.1 Å². The fraction of sp³-hybridized carbons (Fsp3) is 0.158. The lowest BCUT2D eigenvalue weighted by atomic mass is 10.2. The van der Waals surface area contributed by atoms with Crippen molar-refractivity contribution >= 4 is 35.0 Å². The normalized spacial score (nSPS) is 10.4. The van der Waals surface area contributed by atoms with E-state index in [1.165, 1.54) is 25.1 Å². The summed E-state index contributed by atoms with van der Waals surface area (Å²) in [5.74, 6) is -0.369. The first-order chi connectivity index (χ1) is 12.9. The molecule has 0 saturated carbocycles. The monoisotopic (exact) mass is 368 g/mol. The van der Waals surface area contributed by atoms with Gasteiger partial charge in [0.25, 0.3) is 5.69 Å². The molecule has 140 valence electrons. The van der Waals surface area contributed by atoms with Crippen molar-refractivity contribution in [1.29, 1.82) is 0 Å². The number of hydrogen-bond acceptors (Lipinski definition) is 5. The van der Waals surface area contributed by atoms with Crippen LogP contribution in [0.4, 0.5) is 17.1 Å². The maximum atomic E-state index is 11.8. The zero-order valence-corrected chi connectivity index (χ0v) is 14.8. The van der Waals surface area contributed by atoms with E-state index in [-0.39, 0.29) is 17.5 Å². The lowest BCUT2D eigenvalue weighted by molar-refractivity contribution is -0.384. The average Bonchev–Trinajstić information content (AvgIpc) is 2.64. The van der Waals surface area contributed by atoms with E-state index in [9.17, 15) is 19.7 Å². The number of nitro benzene ring substituents is 1. The van der Waals surface area contributed by atoms with E-state index in [1.54, 1.807) is 42.5 Å². The van der Waals surface area contributed by atoms with Crippen molar-refractivity contribution < 1.29 is 14.5 Å². The standard InChI is InChI=1S/C19H20N4O4/c1-14(24)22-17-5-2-15(3-6-17)4-11-19(25)21-13-12-20-16-7-9-18(10-8-16)23(26)27/h2-11,20H,12-13H2,1H3,(H,21,25)(H,22,24)/b11-4+. The number of non-ortho nitro benzene ring substituents is 1. The van der Waals surface area contributed by atoms with Crippen molar-refractivity contribution in [1.82, 2.24) is 5.32 Å². The summed E-state index contributed by atoms with van der Waals surface area (Å²) >= 11 is 0. The molecule has 0 aliphatic heterocycles. The van der Waals surface area contributed by atoms with Crippen LogP contribution in [0.2, 0.25) is 0 Å². The Kier molecular flexibility index (Phi) is 7.07. The first-order valence-corrected chi connectivity index (χ1v) is 8.26. The highest BCUT2D eigenvalue weighted by molar-refractivity contribution is 5.92. The molecule has 2 rings (SSSR count). The van der Waals surface area contributed by atoms with E-state index >= 15 is 0 Å². The number of anilines is 2. The smallest absolute Gasteiger partial charge is 0.269 e. The van der Waals surface area contributed by atoms with Crippen LogP contribution in [0.5, 0.6) is 0 Å². The van der Waals surface area contributed by atoms with Gasteiger partial charge in [-0.25, -0.2) is 0 Å². The van der Waals surface area contributed by atoms with Gasteiger partial charge in [-0.2, -0.15) is 0 Å². The van der Waals surface area contributed by atoms with E-state index < -0.39 is 4.92 Å². The van der Waals surface area contributed by atoms with Crippen molar-refractivity contribution in [3.8, 4) is 0 Å². The first kappa shape index (κ1) is 19.6. The molecule has 2 aromatic rings. The molecule has 0 spiro atoms. The lowest BCUT2D eigenvalue weighted by Crippen LogP contribution is -2.27. The van der Waals surface area contributed by atoms with Gasteiger partial charge in [0, 0.05) is 49.6 Å². The number of hydrogen-bond donors (Lipinski definition) is 3. The number of nitro groups is 1. The lowest BCUT2D eigenvalue weighted by Gasteiger charge is -2.06. The van der Waals surface area contributed by atoms with Crippen LogP contribution in [0.3, 0.4) is 0 Å². The molecule has 2 amide bonds. The van der Waals surface area contributed by atoms with Gasteiger partial charge in [-0.15, -0.1) is 0 Å². The van der Waals surface area contributed by atoms with Crippen LogP contribution in [-0.2, 0) is 9.59 Å². The van der Waals surface area contributed by atoms with Crippen LogP contribution in [0.25, 0.3) is 6.08 Å². The maximum Gasteiger partial charge on any atom is 0.269 e. The van der Waals surface area contributed by atoms with Gasteiger partial charge in [-0.3, -0.25) is 19.7 Å². The molecule has 2 aromatic carbocycles. The van der Waals surface area contributed by atoms with Crippen molar-refractivity contribution in [2.75, 3.05) is 23.7 Å². The third kappa shape index (κ3) is 6.99. The Labute approximate surface area is 156 Å². The van der Waals surface area contributed by atoms with Crippen molar-refractivity contribution in [2.45, 2.75) is 6.92 Å². The molecule has 0 bridgehead atoms. The van der Waals surface area contributed by atoms with E-state index in [0.29, 0.717) is 18.8 Å². The second-order valence-corrected chi connectivity index (χ2v) is 5.66. The number of carbonyl (C=O) groups is 2. The van der Waals surface area contributed by atoms with Crippen molar-refractivity contribution in [2.24, 2.45) is 0 Å². The summed E-state index contributed by atoms with van der Waals surface area (Å²) in [5, 5.41) is 19.1. The summed E-state index contributed by atoms with van der Waals surface area (Å²) in [6.07, 6.45) is 3.11. The predicted molar refractivity (Wildman–Crippen MR) is 104 cm³/mol. The zero-order valence-electron chi connectivity index (χ0n) is 14.8. The largest absolute Gasteiger partial charge is 0.383 e. The Morgan fingerprint density at radius 3 is 2.22 bits per heavy atom. The summed E-state index contributed by atoms with van der Waals surface area (Å²) in [7, 11) is 0. The minimum absolute atomic E-state index is 0.0316. The Balaban J connectivity index is 1.71. The van der Waals surface area contributed by atoms with E-state index in [4.69, 9.17) is 0 Å². The summed E-state index contributed by atoms with van der Waals surface area (Å²) in [6.45, 7) is 2.33. The molecular formula is C19H20N4O4.